The van der Waals surface area contributed by atoms with Gasteiger partial charge in [-0.25, -0.2) is 4.79 Å². The molecule has 7 nitrogen and oxygen atoms in total. The molecule has 0 radical (unpaired) electrons. The number of carbonyl (C=O) groups is 2. The number of rotatable bonds is 5. The van der Waals surface area contributed by atoms with Gasteiger partial charge in [0, 0.05) is 30.3 Å². The molecule has 1 fully saturated rings. The van der Waals surface area contributed by atoms with E-state index >= 15 is 0 Å². The van der Waals surface area contributed by atoms with Crippen molar-refractivity contribution in [3.05, 3.63) is 72.3 Å². The third kappa shape index (κ3) is 4.88. The lowest BCUT2D eigenvalue weighted by Gasteiger charge is -2.31. The number of anilines is 2. The maximum absolute atomic E-state index is 12.6. The van der Waals surface area contributed by atoms with E-state index in [9.17, 15) is 9.59 Å². The van der Waals surface area contributed by atoms with Gasteiger partial charge in [0.25, 0.3) is 0 Å². The van der Waals surface area contributed by atoms with E-state index in [0.717, 1.165) is 43.0 Å². The third-order valence-electron chi connectivity index (χ3n) is 5.48. The van der Waals surface area contributed by atoms with Gasteiger partial charge in [0.2, 0.25) is 5.91 Å². The first kappa shape index (κ1) is 20.5. The Morgan fingerprint density at radius 2 is 1.65 bits per heavy atom. The number of carbonyl (C=O) groups excluding carboxylic acids is 2. The minimum absolute atomic E-state index is 0.00372. The first-order valence-electron chi connectivity index (χ1n) is 10.3. The van der Waals surface area contributed by atoms with Crippen LogP contribution in [-0.2, 0) is 9.53 Å². The van der Waals surface area contributed by atoms with Crippen molar-refractivity contribution in [2.24, 2.45) is 5.92 Å². The van der Waals surface area contributed by atoms with Crippen LogP contribution in [0.4, 0.5) is 11.5 Å². The van der Waals surface area contributed by atoms with E-state index < -0.39 is 5.97 Å². The Balaban J connectivity index is 1.31. The highest BCUT2D eigenvalue weighted by molar-refractivity contribution is 5.94. The van der Waals surface area contributed by atoms with Crippen LogP contribution in [0.15, 0.2) is 66.7 Å². The van der Waals surface area contributed by atoms with E-state index in [-0.39, 0.29) is 11.8 Å². The summed E-state index contributed by atoms with van der Waals surface area (Å²) in [7, 11) is 1.34. The lowest BCUT2D eigenvalue weighted by Crippen LogP contribution is -2.38. The van der Waals surface area contributed by atoms with Crippen molar-refractivity contribution in [2.45, 2.75) is 12.8 Å². The molecule has 1 saturated heterocycles. The molecule has 0 atom stereocenters. The Morgan fingerprint density at radius 1 is 0.935 bits per heavy atom. The molecule has 1 aliphatic rings. The van der Waals surface area contributed by atoms with E-state index in [2.05, 4.69) is 25.2 Å². The summed E-state index contributed by atoms with van der Waals surface area (Å²) in [5, 5.41) is 11.7. The zero-order valence-corrected chi connectivity index (χ0v) is 17.3. The van der Waals surface area contributed by atoms with Crippen LogP contribution in [0.1, 0.15) is 23.2 Å². The number of esters is 1. The summed E-state index contributed by atoms with van der Waals surface area (Å²) in [6, 6.07) is 20.6. The largest absolute Gasteiger partial charge is 0.465 e. The molecule has 1 aromatic heterocycles. The highest BCUT2D eigenvalue weighted by Crippen LogP contribution is 2.24. The van der Waals surface area contributed by atoms with Gasteiger partial charge < -0.3 is 15.0 Å². The lowest BCUT2D eigenvalue weighted by molar-refractivity contribution is -0.120. The molecular formula is C24H24N4O3. The summed E-state index contributed by atoms with van der Waals surface area (Å²) in [5.74, 6) is 0.367. The fourth-order valence-corrected chi connectivity index (χ4v) is 3.68. The number of methoxy groups -OCH3 is 1. The standard InChI is InChI=1S/C24H24N4O3/c1-31-24(30)19-7-9-20(10-8-19)25-23(29)18-13-15-28(16-14-18)22-12-11-21(26-27-22)17-5-3-2-4-6-17/h2-12,18H,13-16H2,1H3,(H,25,29). The predicted molar refractivity (Wildman–Crippen MR) is 119 cm³/mol. The summed E-state index contributed by atoms with van der Waals surface area (Å²) >= 11 is 0. The van der Waals surface area contributed by atoms with Crippen molar-refractivity contribution in [3.63, 3.8) is 0 Å². The highest BCUT2D eigenvalue weighted by atomic mass is 16.5. The molecule has 0 bridgehead atoms. The summed E-state index contributed by atoms with van der Waals surface area (Å²) in [4.78, 5) is 26.3. The number of benzene rings is 2. The number of nitrogens with zero attached hydrogens (tertiary/aromatic N) is 3. The SMILES string of the molecule is COC(=O)c1ccc(NC(=O)C2CCN(c3ccc(-c4ccccc4)nn3)CC2)cc1. The van der Waals surface area contributed by atoms with E-state index in [1.807, 2.05) is 42.5 Å². The molecular weight excluding hydrogens is 392 g/mol. The fraction of sp³-hybridized carbons (Fsp3) is 0.250. The van der Waals surface area contributed by atoms with Gasteiger partial charge >= 0.3 is 5.97 Å². The van der Waals surface area contributed by atoms with Gasteiger partial charge in [-0.05, 0) is 49.2 Å². The summed E-state index contributed by atoms with van der Waals surface area (Å²) in [6.45, 7) is 1.50. The van der Waals surface area contributed by atoms with Crippen molar-refractivity contribution in [2.75, 3.05) is 30.4 Å². The van der Waals surface area contributed by atoms with Crippen LogP contribution < -0.4 is 10.2 Å². The molecule has 4 rings (SSSR count). The van der Waals surface area contributed by atoms with Gasteiger partial charge in [-0.15, -0.1) is 10.2 Å². The Kier molecular flexibility index (Phi) is 6.21. The van der Waals surface area contributed by atoms with Crippen molar-refractivity contribution < 1.29 is 14.3 Å². The number of amides is 1. The zero-order chi connectivity index (χ0) is 21.6. The molecule has 2 heterocycles. The van der Waals surface area contributed by atoms with E-state index in [0.29, 0.717) is 11.3 Å². The van der Waals surface area contributed by atoms with Crippen molar-refractivity contribution in [1.29, 1.82) is 0 Å². The molecule has 7 heteroatoms. The molecule has 158 valence electrons. The molecule has 0 spiro atoms. The maximum atomic E-state index is 12.6. The van der Waals surface area contributed by atoms with Crippen LogP contribution in [0.25, 0.3) is 11.3 Å². The number of hydrogen-bond donors (Lipinski definition) is 1. The van der Waals surface area contributed by atoms with Gasteiger partial charge in [-0.2, -0.15) is 0 Å². The molecule has 31 heavy (non-hydrogen) atoms. The number of nitrogens with one attached hydrogen (secondary N) is 1. The Morgan fingerprint density at radius 3 is 2.26 bits per heavy atom. The second-order valence-corrected chi connectivity index (χ2v) is 7.46. The monoisotopic (exact) mass is 416 g/mol. The van der Waals surface area contributed by atoms with Crippen LogP contribution in [0.3, 0.4) is 0 Å². The minimum atomic E-state index is -0.398. The van der Waals surface area contributed by atoms with Gasteiger partial charge in [-0.1, -0.05) is 30.3 Å². The molecule has 0 unspecified atom stereocenters. The smallest absolute Gasteiger partial charge is 0.337 e. The van der Waals surface area contributed by atoms with E-state index in [1.54, 1.807) is 24.3 Å². The lowest BCUT2D eigenvalue weighted by atomic mass is 9.95. The van der Waals surface area contributed by atoms with E-state index in [1.165, 1.54) is 7.11 Å². The topological polar surface area (TPSA) is 84.4 Å². The quantitative estimate of drug-likeness (QED) is 0.637. The first-order chi connectivity index (χ1) is 15.1. The Hall–Kier alpha value is -3.74. The molecule has 3 aromatic rings. The van der Waals surface area contributed by atoms with Gasteiger partial charge in [0.15, 0.2) is 5.82 Å². The Bertz CT molecular complexity index is 1030. The van der Waals surface area contributed by atoms with Gasteiger partial charge in [0.05, 0.1) is 18.4 Å². The highest BCUT2D eigenvalue weighted by Gasteiger charge is 2.26. The zero-order valence-electron chi connectivity index (χ0n) is 17.3. The van der Waals surface area contributed by atoms with Crippen LogP contribution in [0.5, 0.6) is 0 Å². The second kappa shape index (κ2) is 9.38. The molecule has 0 aliphatic carbocycles. The predicted octanol–water partition coefficient (Wildman–Crippen LogP) is 3.79. The molecule has 1 amide bonds. The van der Waals surface area contributed by atoms with Crippen LogP contribution >= 0.6 is 0 Å². The third-order valence-corrected chi connectivity index (χ3v) is 5.48. The van der Waals surface area contributed by atoms with Crippen LogP contribution in [0.2, 0.25) is 0 Å². The Labute approximate surface area is 181 Å². The molecule has 0 saturated carbocycles. The summed E-state index contributed by atoms with van der Waals surface area (Å²) < 4.78 is 4.69. The summed E-state index contributed by atoms with van der Waals surface area (Å²) in [5.41, 5.74) is 3.00. The number of piperidine rings is 1. The van der Waals surface area contributed by atoms with Crippen molar-refractivity contribution >= 4 is 23.4 Å². The average molecular weight is 416 g/mol. The van der Waals surface area contributed by atoms with E-state index in [4.69, 9.17) is 0 Å². The van der Waals surface area contributed by atoms with Gasteiger partial charge in [-0.3, -0.25) is 4.79 Å². The first-order valence-corrected chi connectivity index (χ1v) is 10.3. The maximum Gasteiger partial charge on any atom is 0.337 e. The van der Waals surface area contributed by atoms with Crippen LogP contribution in [0, 0.1) is 5.92 Å². The fourth-order valence-electron chi connectivity index (χ4n) is 3.68. The summed E-state index contributed by atoms with van der Waals surface area (Å²) in [6.07, 6.45) is 1.49. The molecule has 1 N–H and O–H groups in total. The van der Waals surface area contributed by atoms with Gasteiger partial charge in [0.1, 0.15) is 0 Å². The molecule has 2 aromatic carbocycles. The molecule has 1 aliphatic heterocycles. The van der Waals surface area contributed by atoms with Crippen molar-refractivity contribution in [3.8, 4) is 11.3 Å². The minimum Gasteiger partial charge on any atom is -0.465 e. The van der Waals surface area contributed by atoms with Crippen LogP contribution in [-0.4, -0.2) is 42.3 Å². The normalized spacial score (nSPS) is 14.2. The second-order valence-electron chi connectivity index (χ2n) is 7.46. The number of hydrogen-bond acceptors (Lipinski definition) is 6. The number of aromatic nitrogens is 2. The number of ether oxygens (including phenoxy) is 1. The van der Waals surface area contributed by atoms with Crippen molar-refractivity contribution in [1.82, 2.24) is 10.2 Å². The average Bonchev–Trinajstić information content (AvgIpc) is 2.85.